The molecule has 0 saturated heterocycles. The van der Waals surface area contributed by atoms with Crippen LogP contribution in [0.25, 0.3) is 10.2 Å². The SMILES string of the molecule is CCn1c(SC(C)C(=O)Nc2cccc(C(F)(F)F)c2)nc2ccsc2c1=O. The number of fused-ring (bicyclic) bond motifs is 1. The van der Waals surface area contributed by atoms with Gasteiger partial charge >= 0.3 is 6.18 Å². The van der Waals surface area contributed by atoms with Gasteiger partial charge in [0.15, 0.2) is 5.16 Å². The summed E-state index contributed by atoms with van der Waals surface area (Å²) in [5, 5.41) is 3.98. The molecule has 0 aliphatic heterocycles. The van der Waals surface area contributed by atoms with Crippen LogP contribution in [-0.2, 0) is 17.5 Å². The van der Waals surface area contributed by atoms with Gasteiger partial charge in [-0.15, -0.1) is 11.3 Å². The van der Waals surface area contributed by atoms with Gasteiger partial charge in [0, 0.05) is 12.2 Å². The molecule has 0 aliphatic rings. The summed E-state index contributed by atoms with van der Waals surface area (Å²) in [4.78, 5) is 29.4. The molecule has 0 spiro atoms. The lowest BCUT2D eigenvalue weighted by atomic mass is 10.2. The topological polar surface area (TPSA) is 64.0 Å². The second-order valence-corrected chi connectivity index (χ2v) is 8.13. The summed E-state index contributed by atoms with van der Waals surface area (Å²) in [5.41, 5.74) is -0.389. The highest BCUT2D eigenvalue weighted by atomic mass is 32.2. The number of rotatable bonds is 5. The summed E-state index contributed by atoms with van der Waals surface area (Å²) in [6.45, 7) is 3.81. The first kappa shape index (κ1) is 20.4. The molecular formula is C18H16F3N3O2S2. The van der Waals surface area contributed by atoms with Crippen molar-refractivity contribution in [3.05, 3.63) is 51.6 Å². The van der Waals surface area contributed by atoms with E-state index in [1.165, 1.54) is 28.0 Å². The number of hydrogen-bond acceptors (Lipinski definition) is 5. The summed E-state index contributed by atoms with van der Waals surface area (Å²) < 4.78 is 40.5. The Morgan fingerprint density at radius 3 is 2.79 bits per heavy atom. The molecule has 3 aromatic rings. The first-order chi connectivity index (χ1) is 13.2. The average Bonchev–Trinajstić information content (AvgIpc) is 3.10. The zero-order valence-electron chi connectivity index (χ0n) is 14.9. The highest BCUT2D eigenvalue weighted by Crippen LogP contribution is 2.31. The first-order valence-corrected chi connectivity index (χ1v) is 10.1. The highest BCUT2D eigenvalue weighted by Gasteiger charge is 2.30. The molecule has 0 fully saturated rings. The number of carbonyl (C=O) groups excluding carboxylic acids is 1. The van der Waals surface area contributed by atoms with Crippen LogP contribution in [0.3, 0.4) is 0 Å². The van der Waals surface area contributed by atoms with Crippen molar-refractivity contribution in [3.63, 3.8) is 0 Å². The van der Waals surface area contributed by atoms with E-state index in [2.05, 4.69) is 10.3 Å². The summed E-state index contributed by atoms with van der Waals surface area (Å²) in [5.74, 6) is -0.480. The van der Waals surface area contributed by atoms with Gasteiger partial charge in [-0.25, -0.2) is 4.98 Å². The minimum Gasteiger partial charge on any atom is -0.325 e. The van der Waals surface area contributed by atoms with Crippen LogP contribution in [0.15, 0.2) is 45.7 Å². The Morgan fingerprint density at radius 2 is 2.11 bits per heavy atom. The normalized spacial score (nSPS) is 12.9. The molecule has 1 atom stereocenters. The molecule has 2 heterocycles. The maximum atomic E-state index is 12.8. The Hall–Kier alpha value is -2.33. The molecule has 5 nitrogen and oxygen atoms in total. The fourth-order valence-electron chi connectivity index (χ4n) is 2.52. The maximum absolute atomic E-state index is 12.8. The van der Waals surface area contributed by atoms with E-state index in [1.807, 2.05) is 0 Å². The number of benzene rings is 1. The van der Waals surface area contributed by atoms with Gasteiger partial charge in [-0.05, 0) is 43.5 Å². The zero-order valence-corrected chi connectivity index (χ0v) is 16.5. The van der Waals surface area contributed by atoms with Crippen molar-refractivity contribution in [2.75, 3.05) is 5.32 Å². The van der Waals surface area contributed by atoms with Crippen LogP contribution in [0.4, 0.5) is 18.9 Å². The van der Waals surface area contributed by atoms with Gasteiger partial charge in [-0.2, -0.15) is 13.2 Å². The zero-order chi connectivity index (χ0) is 20.5. The van der Waals surface area contributed by atoms with Crippen LogP contribution in [0.5, 0.6) is 0 Å². The number of halogens is 3. The Balaban J connectivity index is 1.80. The van der Waals surface area contributed by atoms with Crippen LogP contribution in [0.2, 0.25) is 0 Å². The molecule has 148 valence electrons. The Labute approximate surface area is 166 Å². The average molecular weight is 427 g/mol. The molecule has 1 N–H and O–H groups in total. The molecule has 1 unspecified atom stereocenters. The largest absolute Gasteiger partial charge is 0.416 e. The second-order valence-electron chi connectivity index (χ2n) is 5.91. The van der Waals surface area contributed by atoms with Gasteiger partial charge in [0.05, 0.1) is 16.3 Å². The van der Waals surface area contributed by atoms with E-state index < -0.39 is 22.9 Å². The first-order valence-electron chi connectivity index (χ1n) is 8.33. The monoisotopic (exact) mass is 427 g/mol. The van der Waals surface area contributed by atoms with Gasteiger partial charge in [0.1, 0.15) is 4.70 Å². The van der Waals surface area contributed by atoms with E-state index in [-0.39, 0.29) is 11.2 Å². The van der Waals surface area contributed by atoms with Crippen LogP contribution < -0.4 is 10.9 Å². The number of thiophene rings is 1. The summed E-state index contributed by atoms with van der Waals surface area (Å²) in [7, 11) is 0. The molecular weight excluding hydrogens is 411 g/mol. The Bertz CT molecular complexity index is 1080. The van der Waals surface area contributed by atoms with Crippen LogP contribution in [-0.4, -0.2) is 20.7 Å². The number of alkyl halides is 3. The maximum Gasteiger partial charge on any atom is 0.416 e. The van der Waals surface area contributed by atoms with E-state index in [0.717, 1.165) is 23.9 Å². The van der Waals surface area contributed by atoms with Crippen molar-refractivity contribution in [3.8, 4) is 0 Å². The number of aromatic nitrogens is 2. The Kier molecular flexibility index (Phi) is 5.80. The third-order valence-corrected chi connectivity index (χ3v) is 5.94. The molecule has 28 heavy (non-hydrogen) atoms. The number of hydrogen-bond donors (Lipinski definition) is 1. The molecule has 3 rings (SSSR count). The second kappa shape index (κ2) is 7.96. The summed E-state index contributed by atoms with van der Waals surface area (Å²) in [6, 6.07) is 6.18. The number of nitrogens with one attached hydrogen (secondary N) is 1. The van der Waals surface area contributed by atoms with Crippen molar-refractivity contribution in [1.29, 1.82) is 0 Å². The summed E-state index contributed by atoms with van der Waals surface area (Å²) in [6.07, 6.45) is -4.49. The van der Waals surface area contributed by atoms with Crippen LogP contribution in [0, 0.1) is 0 Å². The molecule has 1 aromatic carbocycles. The predicted octanol–water partition coefficient (Wildman–Crippen LogP) is 4.62. The smallest absolute Gasteiger partial charge is 0.325 e. The minimum absolute atomic E-state index is 0.0569. The van der Waals surface area contributed by atoms with Crippen molar-refractivity contribution in [2.24, 2.45) is 0 Å². The molecule has 10 heteroatoms. The van der Waals surface area contributed by atoms with Crippen LogP contribution in [0.1, 0.15) is 19.4 Å². The quantitative estimate of drug-likeness (QED) is 0.477. The number of amides is 1. The van der Waals surface area contributed by atoms with Gasteiger partial charge in [-0.1, -0.05) is 17.8 Å². The fourth-order valence-corrected chi connectivity index (χ4v) is 4.27. The van der Waals surface area contributed by atoms with Gasteiger partial charge in [0.25, 0.3) is 5.56 Å². The van der Waals surface area contributed by atoms with Gasteiger partial charge in [-0.3, -0.25) is 14.2 Å². The fraction of sp³-hybridized carbons (Fsp3) is 0.278. The van der Waals surface area contributed by atoms with Crippen molar-refractivity contribution in [2.45, 2.75) is 37.0 Å². The van der Waals surface area contributed by atoms with E-state index >= 15 is 0 Å². The van der Waals surface area contributed by atoms with Crippen molar-refractivity contribution >= 4 is 44.9 Å². The molecule has 0 aliphatic carbocycles. The van der Waals surface area contributed by atoms with E-state index in [1.54, 1.807) is 25.3 Å². The molecule has 0 bridgehead atoms. The standard InChI is InChI=1S/C18H16F3N3O2S2/c1-3-24-16(26)14-13(7-8-27-14)23-17(24)28-10(2)15(25)22-12-6-4-5-11(9-12)18(19,20)21/h4-10H,3H2,1-2H3,(H,22,25). The lowest BCUT2D eigenvalue weighted by molar-refractivity contribution is -0.137. The lowest BCUT2D eigenvalue weighted by Crippen LogP contribution is -2.26. The molecule has 2 aromatic heterocycles. The predicted molar refractivity (Wildman–Crippen MR) is 105 cm³/mol. The number of thioether (sulfide) groups is 1. The number of nitrogens with zero attached hydrogens (tertiary/aromatic N) is 2. The van der Waals surface area contributed by atoms with Gasteiger partial charge < -0.3 is 5.32 Å². The Morgan fingerprint density at radius 1 is 1.36 bits per heavy atom. The minimum atomic E-state index is -4.49. The van der Waals surface area contributed by atoms with Crippen molar-refractivity contribution in [1.82, 2.24) is 9.55 Å². The third kappa shape index (κ3) is 4.22. The lowest BCUT2D eigenvalue weighted by Gasteiger charge is -2.15. The van der Waals surface area contributed by atoms with Gasteiger partial charge in [0.2, 0.25) is 5.91 Å². The third-order valence-electron chi connectivity index (χ3n) is 3.96. The van der Waals surface area contributed by atoms with Crippen molar-refractivity contribution < 1.29 is 18.0 Å². The molecule has 1 amide bonds. The van der Waals surface area contributed by atoms with E-state index in [9.17, 15) is 22.8 Å². The molecule has 0 radical (unpaired) electrons. The number of anilines is 1. The van der Waals surface area contributed by atoms with Crippen LogP contribution >= 0.6 is 23.1 Å². The van der Waals surface area contributed by atoms with E-state index in [4.69, 9.17) is 0 Å². The highest BCUT2D eigenvalue weighted by molar-refractivity contribution is 8.00. The molecule has 0 saturated carbocycles. The van der Waals surface area contributed by atoms with E-state index in [0.29, 0.717) is 21.9 Å². The number of carbonyl (C=O) groups is 1. The summed E-state index contributed by atoms with van der Waals surface area (Å²) >= 11 is 2.39.